The fraction of sp³-hybridized carbons (Fsp3) is 0.917. The Bertz CT molecular complexity index is 233. The molecular weight excluding hydrogens is 204 g/mol. The minimum Gasteiger partial charge on any atom is -0.341 e. The third-order valence-electron chi connectivity index (χ3n) is 3.50. The van der Waals surface area contributed by atoms with Gasteiger partial charge in [0.2, 0.25) is 5.91 Å². The zero-order valence-corrected chi connectivity index (χ0v) is 10.1. The maximum Gasteiger partial charge on any atom is 0.241 e. The first-order valence-electron chi connectivity index (χ1n) is 6.47. The van der Waals surface area contributed by atoms with Crippen molar-refractivity contribution in [3.63, 3.8) is 0 Å². The standard InChI is InChI=1S/C12H22N2O2/c1-10(12(15)14-8-4-5-9-14)13-16-11-6-2-3-7-11/h10-11,13H,2-9H2,1H3. The van der Waals surface area contributed by atoms with Gasteiger partial charge in [0.1, 0.15) is 6.04 Å². The highest BCUT2D eigenvalue weighted by molar-refractivity contribution is 5.81. The zero-order valence-electron chi connectivity index (χ0n) is 10.1. The monoisotopic (exact) mass is 226 g/mol. The summed E-state index contributed by atoms with van der Waals surface area (Å²) < 4.78 is 0. The molecule has 1 saturated heterocycles. The van der Waals surface area contributed by atoms with Crippen LogP contribution in [-0.2, 0) is 9.63 Å². The first-order valence-corrected chi connectivity index (χ1v) is 6.47. The fourth-order valence-electron chi connectivity index (χ4n) is 2.47. The van der Waals surface area contributed by atoms with Gasteiger partial charge in [0.15, 0.2) is 0 Å². The number of carbonyl (C=O) groups is 1. The van der Waals surface area contributed by atoms with Gasteiger partial charge in [-0.15, -0.1) is 0 Å². The predicted molar refractivity (Wildman–Crippen MR) is 61.8 cm³/mol. The van der Waals surface area contributed by atoms with E-state index in [1.807, 2.05) is 11.8 Å². The fourth-order valence-corrected chi connectivity index (χ4v) is 2.47. The summed E-state index contributed by atoms with van der Waals surface area (Å²) in [5.41, 5.74) is 2.91. The normalized spacial score (nSPS) is 23.9. The van der Waals surface area contributed by atoms with Crippen molar-refractivity contribution >= 4 is 5.91 Å². The molecule has 1 unspecified atom stereocenters. The van der Waals surface area contributed by atoms with Crippen LogP contribution < -0.4 is 5.48 Å². The highest BCUT2D eigenvalue weighted by Crippen LogP contribution is 2.20. The molecule has 1 aliphatic heterocycles. The SMILES string of the molecule is CC(NOC1CCCC1)C(=O)N1CCCC1. The van der Waals surface area contributed by atoms with E-state index in [4.69, 9.17) is 4.84 Å². The molecule has 4 heteroatoms. The minimum atomic E-state index is -0.210. The number of rotatable bonds is 4. The second-order valence-electron chi connectivity index (χ2n) is 4.90. The molecule has 1 atom stereocenters. The molecule has 92 valence electrons. The van der Waals surface area contributed by atoms with Crippen LogP contribution in [0.1, 0.15) is 45.4 Å². The van der Waals surface area contributed by atoms with E-state index in [0.717, 1.165) is 38.8 Å². The first-order chi connectivity index (χ1) is 7.77. The third-order valence-corrected chi connectivity index (χ3v) is 3.50. The second kappa shape index (κ2) is 5.64. The average molecular weight is 226 g/mol. The van der Waals surface area contributed by atoms with Gasteiger partial charge in [-0.05, 0) is 32.6 Å². The topological polar surface area (TPSA) is 41.6 Å². The summed E-state index contributed by atoms with van der Waals surface area (Å²) in [4.78, 5) is 19.4. The van der Waals surface area contributed by atoms with E-state index in [1.165, 1.54) is 12.8 Å². The number of nitrogens with zero attached hydrogens (tertiary/aromatic N) is 1. The van der Waals surface area contributed by atoms with Crippen LogP contribution in [0.3, 0.4) is 0 Å². The summed E-state index contributed by atoms with van der Waals surface area (Å²) in [6.07, 6.45) is 7.34. The van der Waals surface area contributed by atoms with Gasteiger partial charge in [0.25, 0.3) is 0 Å². The Labute approximate surface area is 97.3 Å². The molecule has 0 aromatic rings. The Morgan fingerprint density at radius 3 is 2.50 bits per heavy atom. The lowest BCUT2D eigenvalue weighted by Gasteiger charge is -2.22. The van der Waals surface area contributed by atoms with Crippen LogP contribution in [0.2, 0.25) is 0 Å². The lowest BCUT2D eigenvalue weighted by Crippen LogP contribution is -2.44. The van der Waals surface area contributed by atoms with Crippen molar-refractivity contribution in [2.24, 2.45) is 0 Å². The lowest BCUT2D eigenvalue weighted by molar-refractivity contribution is -0.138. The van der Waals surface area contributed by atoms with Gasteiger partial charge in [-0.1, -0.05) is 12.8 Å². The number of hydrogen-bond acceptors (Lipinski definition) is 3. The summed E-state index contributed by atoms with van der Waals surface area (Å²) in [6.45, 7) is 3.71. The molecule has 0 aromatic heterocycles. The van der Waals surface area contributed by atoms with Crippen LogP contribution in [0.5, 0.6) is 0 Å². The Morgan fingerprint density at radius 1 is 1.25 bits per heavy atom. The third kappa shape index (κ3) is 2.95. The van der Waals surface area contributed by atoms with E-state index < -0.39 is 0 Å². The van der Waals surface area contributed by atoms with Gasteiger partial charge < -0.3 is 4.90 Å². The molecule has 2 fully saturated rings. The number of carbonyl (C=O) groups excluding carboxylic acids is 1. The molecule has 0 spiro atoms. The largest absolute Gasteiger partial charge is 0.341 e. The Kier molecular flexibility index (Phi) is 4.18. The minimum absolute atomic E-state index is 0.176. The van der Waals surface area contributed by atoms with Crippen molar-refractivity contribution in [3.05, 3.63) is 0 Å². The lowest BCUT2D eigenvalue weighted by atomic mass is 10.3. The summed E-state index contributed by atoms with van der Waals surface area (Å²) in [6, 6.07) is -0.210. The van der Waals surface area contributed by atoms with Crippen LogP contribution in [0.4, 0.5) is 0 Å². The van der Waals surface area contributed by atoms with E-state index in [2.05, 4.69) is 5.48 Å². The molecule has 1 N–H and O–H groups in total. The number of amides is 1. The summed E-state index contributed by atoms with van der Waals surface area (Å²) >= 11 is 0. The molecular formula is C12H22N2O2. The Morgan fingerprint density at radius 2 is 1.88 bits per heavy atom. The average Bonchev–Trinajstić information content (AvgIpc) is 2.96. The molecule has 0 bridgehead atoms. The molecule has 16 heavy (non-hydrogen) atoms. The van der Waals surface area contributed by atoms with Gasteiger partial charge in [-0.2, -0.15) is 5.48 Å². The molecule has 0 aromatic carbocycles. The zero-order chi connectivity index (χ0) is 11.4. The molecule has 4 nitrogen and oxygen atoms in total. The number of hydrogen-bond donors (Lipinski definition) is 1. The van der Waals surface area contributed by atoms with Gasteiger partial charge in [-0.3, -0.25) is 9.63 Å². The Hall–Kier alpha value is -0.610. The molecule has 1 heterocycles. The molecule has 1 amide bonds. The van der Waals surface area contributed by atoms with Gasteiger partial charge >= 0.3 is 0 Å². The highest BCUT2D eigenvalue weighted by atomic mass is 16.7. The van der Waals surface area contributed by atoms with Gasteiger partial charge in [-0.25, -0.2) is 0 Å². The van der Waals surface area contributed by atoms with Crippen molar-refractivity contribution in [1.82, 2.24) is 10.4 Å². The Balaban J connectivity index is 1.69. The van der Waals surface area contributed by atoms with E-state index in [-0.39, 0.29) is 11.9 Å². The molecule has 1 saturated carbocycles. The summed E-state index contributed by atoms with van der Waals surface area (Å²) in [5.74, 6) is 0.176. The molecule has 0 radical (unpaired) electrons. The summed E-state index contributed by atoms with van der Waals surface area (Å²) in [5, 5.41) is 0. The van der Waals surface area contributed by atoms with Crippen LogP contribution in [0.25, 0.3) is 0 Å². The van der Waals surface area contributed by atoms with Gasteiger partial charge in [0.05, 0.1) is 6.10 Å². The second-order valence-corrected chi connectivity index (χ2v) is 4.90. The predicted octanol–water partition coefficient (Wildman–Crippen LogP) is 1.46. The highest BCUT2D eigenvalue weighted by Gasteiger charge is 2.24. The number of nitrogens with one attached hydrogen (secondary N) is 1. The quantitative estimate of drug-likeness (QED) is 0.738. The number of hydroxylamine groups is 1. The van der Waals surface area contributed by atoms with E-state index in [0.29, 0.717) is 6.10 Å². The van der Waals surface area contributed by atoms with Crippen molar-refractivity contribution in [3.8, 4) is 0 Å². The molecule has 2 aliphatic rings. The van der Waals surface area contributed by atoms with Crippen LogP contribution in [0.15, 0.2) is 0 Å². The van der Waals surface area contributed by atoms with Crippen LogP contribution in [0, 0.1) is 0 Å². The first kappa shape index (κ1) is 11.9. The molecule has 1 aliphatic carbocycles. The van der Waals surface area contributed by atoms with Crippen molar-refractivity contribution in [2.75, 3.05) is 13.1 Å². The maximum absolute atomic E-state index is 11.9. The van der Waals surface area contributed by atoms with Crippen molar-refractivity contribution in [1.29, 1.82) is 0 Å². The summed E-state index contributed by atoms with van der Waals surface area (Å²) in [7, 11) is 0. The maximum atomic E-state index is 11.9. The van der Waals surface area contributed by atoms with Crippen LogP contribution in [-0.4, -0.2) is 36.0 Å². The van der Waals surface area contributed by atoms with E-state index in [9.17, 15) is 4.79 Å². The smallest absolute Gasteiger partial charge is 0.241 e. The van der Waals surface area contributed by atoms with Gasteiger partial charge in [0, 0.05) is 13.1 Å². The molecule has 2 rings (SSSR count). The van der Waals surface area contributed by atoms with E-state index in [1.54, 1.807) is 0 Å². The van der Waals surface area contributed by atoms with Crippen molar-refractivity contribution in [2.45, 2.75) is 57.6 Å². The number of likely N-dealkylation sites (tertiary alicyclic amines) is 1. The van der Waals surface area contributed by atoms with Crippen molar-refractivity contribution < 1.29 is 9.63 Å². The van der Waals surface area contributed by atoms with E-state index >= 15 is 0 Å². The van der Waals surface area contributed by atoms with Crippen LogP contribution >= 0.6 is 0 Å².